The van der Waals surface area contributed by atoms with Crippen LogP contribution >= 0.6 is 0 Å². The Kier molecular flexibility index (Phi) is 3.48. The lowest BCUT2D eigenvalue weighted by Crippen LogP contribution is -2.58. The Labute approximate surface area is 136 Å². The van der Waals surface area contributed by atoms with Crippen LogP contribution < -0.4 is 5.73 Å². The van der Waals surface area contributed by atoms with Gasteiger partial charge in [0.25, 0.3) is 0 Å². The summed E-state index contributed by atoms with van der Waals surface area (Å²) in [6, 6.07) is 0. The van der Waals surface area contributed by atoms with Crippen molar-refractivity contribution in [1.82, 2.24) is 0 Å². The summed E-state index contributed by atoms with van der Waals surface area (Å²) in [5.74, 6) is 3.49. The van der Waals surface area contributed by atoms with Gasteiger partial charge in [0.05, 0.1) is 5.60 Å². The lowest BCUT2D eigenvalue weighted by atomic mass is 9.44. The molecule has 126 valence electrons. The number of nitrogens with two attached hydrogens (primary N) is 1. The third-order valence-electron chi connectivity index (χ3n) is 9.24. The first kappa shape index (κ1) is 15.4. The Morgan fingerprint density at radius 1 is 0.909 bits per heavy atom. The standard InChI is InChI=1S/C20H35NO/c1-18-10-4-3-5-14(18)6-7-15-16(18)8-11-19(2)17(15)9-12-20(19,22)13-21/h14-17,22H,3-13,21H2,1-2H3/t14-,15+,16-,17-,18-,19-,20-/m0/s1. The van der Waals surface area contributed by atoms with Gasteiger partial charge in [-0.2, -0.15) is 0 Å². The monoisotopic (exact) mass is 305 g/mol. The van der Waals surface area contributed by atoms with Gasteiger partial charge < -0.3 is 10.8 Å². The minimum absolute atomic E-state index is 0.0841. The fourth-order valence-corrected chi connectivity index (χ4v) is 7.74. The molecule has 4 aliphatic rings. The molecule has 4 aliphatic carbocycles. The van der Waals surface area contributed by atoms with Gasteiger partial charge in [0.15, 0.2) is 0 Å². The zero-order valence-electron chi connectivity index (χ0n) is 14.6. The summed E-state index contributed by atoms with van der Waals surface area (Å²) < 4.78 is 0. The Hall–Kier alpha value is -0.0800. The van der Waals surface area contributed by atoms with E-state index in [0.29, 0.717) is 12.0 Å². The molecule has 0 spiro atoms. The fourth-order valence-electron chi connectivity index (χ4n) is 7.74. The largest absolute Gasteiger partial charge is 0.388 e. The Morgan fingerprint density at radius 2 is 1.68 bits per heavy atom. The summed E-state index contributed by atoms with van der Waals surface area (Å²) in [4.78, 5) is 0. The highest BCUT2D eigenvalue weighted by atomic mass is 16.3. The molecule has 4 saturated carbocycles. The highest BCUT2D eigenvalue weighted by Gasteiger charge is 2.63. The summed E-state index contributed by atoms with van der Waals surface area (Å²) in [6.07, 6.45) is 13.4. The van der Waals surface area contributed by atoms with Crippen LogP contribution in [0.4, 0.5) is 0 Å². The molecule has 0 aliphatic heterocycles. The van der Waals surface area contributed by atoms with E-state index in [9.17, 15) is 5.11 Å². The molecular weight excluding hydrogens is 270 g/mol. The highest BCUT2D eigenvalue weighted by Crippen LogP contribution is 2.68. The van der Waals surface area contributed by atoms with Crippen molar-refractivity contribution in [3.8, 4) is 0 Å². The van der Waals surface area contributed by atoms with Crippen molar-refractivity contribution in [2.75, 3.05) is 6.54 Å². The van der Waals surface area contributed by atoms with Crippen molar-refractivity contribution in [2.24, 2.45) is 40.2 Å². The van der Waals surface area contributed by atoms with Crippen LogP contribution in [0.3, 0.4) is 0 Å². The second-order valence-electron chi connectivity index (χ2n) is 9.63. The lowest BCUT2D eigenvalue weighted by molar-refractivity contribution is -0.148. The highest BCUT2D eigenvalue weighted by molar-refractivity contribution is 5.14. The zero-order chi connectivity index (χ0) is 15.6. The first-order valence-electron chi connectivity index (χ1n) is 9.87. The van der Waals surface area contributed by atoms with Gasteiger partial charge in [-0.15, -0.1) is 0 Å². The number of rotatable bonds is 1. The van der Waals surface area contributed by atoms with Crippen molar-refractivity contribution >= 4 is 0 Å². The van der Waals surface area contributed by atoms with E-state index < -0.39 is 5.60 Å². The van der Waals surface area contributed by atoms with E-state index in [1.165, 1.54) is 57.8 Å². The van der Waals surface area contributed by atoms with E-state index in [-0.39, 0.29) is 5.41 Å². The van der Waals surface area contributed by atoms with Gasteiger partial charge in [-0.25, -0.2) is 0 Å². The van der Waals surface area contributed by atoms with Crippen LogP contribution in [0.2, 0.25) is 0 Å². The van der Waals surface area contributed by atoms with E-state index in [1.54, 1.807) is 0 Å². The molecule has 4 fully saturated rings. The topological polar surface area (TPSA) is 46.2 Å². The van der Waals surface area contributed by atoms with E-state index in [4.69, 9.17) is 5.73 Å². The SMILES string of the molecule is C[C@]12CCCC[C@H]1CC[C@@H]1[C@@H]2CC[C@@]2(C)[C@H]1CC[C@]2(O)CN. The number of hydrogen-bond acceptors (Lipinski definition) is 2. The maximum absolute atomic E-state index is 11.1. The molecule has 0 unspecified atom stereocenters. The van der Waals surface area contributed by atoms with Crippen molar-refractivity contribution < 1.29 is 5.11 Å². The average molecular weight is 306 g/mol. The van der Waals surface area contributed by atoms with Gasteiger partial charge in [0, 0.05) is 12.0 Å². The molecule has 22 heavy (non-hydrogen) atoms. The predicted octanol–water partition coefficient (Wildman–Crippen LogP) is 4.11. The predicted molar refractivity (Wildman–Crippen MR) is 90.3 cm³/mol. The molecule has 0 aromatic rings. The van der Waals surface area contributed by atoms with Crippen LogP contribution in [-0.4, -0.2) is 17.3 Å². The third-order valence-corrected chi connectivity index (χ3v) is 9.24. The molecule has 3 N–H and O–H groups in total. The van der Waals surface area contributed by atoms with Crippen LogP contribution in [0.1, 0.15) is 78.1 Å². The molecule has 0 saturated heterocycles. The average Bonchev–Trinajstić information content (AvgIpc) is 2.79. The maximum atomic E-state index is 11.1. The minimum atomic E-state index is -0.590. The van der Waals surface area contributed by atoms with E-state index in [1.807, 2.05) is 0 Å². The number of hydrogen-bond donors (Lipinski definition) is 2. The molecule has 0 aromatic carbocycles. The van der Waals surface area contributed by atoms with Gasteiger partial charge in [-0.3, -0.25) is 0 Å². The Morgan fingerprint density at radius 3 is 2.45 bits per heavy atom. The number of fused-ring (bicyclic) bond motifs is 5. The second kappa shape index (κ2) is 4.96. The smallest absolute Gasteiger partial charge is 0.0825 e. The second-order valence-corrected chi connectivity index (χ2v) is 9.63. The van der Waals surface area contributed by atoms with Crippen molar-refractivity contribution in [3.05, 3.63) is 0 Å². The lowest BCUT2D eigenvalue weighted by Gasteiger charge is -2.61. The van der Waals surface area contributed by atoms with Gasteiger partial charge in [0.1, 0.15) is 0 Å². The van der Waals surface area contributed by atoms with Gasteiger partial charge in [-0.05, 0) is 80.5 Å². The zero-order valence-corrected chi connectivity index (χ0v) is 14.6. The maximum Gasteiger partial charge on any atom is 0.0825 e. The van der Waals surface area contributed by atoms with Crippen LogP contribution in [0.5, 0.6) is 0 Å². The summed E-state index contributed by atoms with van der Waals surface area (Å²) in [5, 5.41) is 11.1. The van der Waals surface area contributed by atoms with Crippen LogP contribution in [0.25, 0.3) is 0 Å². The normalized spacial score (nSPS) is 57.8. The number of aliphatic hydroxyl groups is 1. The van der Waals surface area contributed by atoms with Crippen molar-refractivity contribution in [3.63, 3.8) is 0 Å². The molecule has 0 amide bonds. The minimum Gasteiger partial charge on any atom is -0.388 e. The summed E-state index contributed by atoms with van der Waals surface area (Å²) in [5.41, 5.74) is 6.11. The molecule has 7 atom stereocenters. The van der Waals surface area contributed by atoms with Crippen LogP contribution in [0.15, 0.2) is 0 Å². The summed E-state index contributed by atoms with van der Waals surface area (Å²) in [6.45, 7) is 5.45. The van der Waals surface area contributed by atoms with Gasteiger partial charge in [0.2, 0.25) is 0 Å². The van der Waals surface area contributed by atoms with Gasteiger partial charge in [-0.1, -0.05) is 26.7 Å². The van der Waals surface area contributed by atoms with Crippen LogP contribution in [0, 0.1) is 34.5 Å². The quantitative estimate of drug-likeness (QED) is 0.766. The molecule has 4 rings (SSSR count). The Balaban J connectivity index is 1.65. The van der Waals surface area contributed by atoms with E-state index in [2.05, 4.69) is 13.8 Å². The van der Waals surface area contributed by atoms with Crippen molar-refractivity contribution in [2.45, 2.75) is 83.7 Å². The molecule has 0 heterocycles. The van der Waals surface area contributed by atoms with E-state index >= 15 is 0 Å². The van der Waals surface area contributed by atoms with Crippen LogP contribution in [-0.2, 0) is 0 Å². The first-order chi connectivity index (χ1) is 10.4. The summed E-state index contributed by atoms with van der Waals surface area (Å²) in [7, 11) is 0. The first-order valence-corrected chi connectivity index (χ1v) is 9.87. The molecule has 2 heteroatoms. The van der Waals surface area contributed by atoms with Crippen molar-refractivity contribution in [1.29, 1.82) is 0 Å². The molecule has 0 bridgehead atoms. The van der Waals surface area contributed by atoms with Gasteiger partial charge >= 0.3 is 0 Å². The van der Waals surface area contributed by atoms with E-state index in [0.717, 1.165) is 30.1 Å². The summed E-state index contributed by atoms with van der Waals surface area (Å²) >= 11 is 0. The molecule has 2 nitrogen and oxygen atoms in total. The molecule has 0 radical (unpaired) electrons. The molecule has 0 aromatic heterocycles. The fraction of sp³-hybridized carbons (Fsp3) is 1.00. The molecular formula is C20H35NO. The Bertz CT molecular complexity index is 449. The third kappa shape index (κ3) is 1.80.